The van der Waals surface area contributed by atoms with Crippen LogP contribution in [-0.4, -0.2) is 43.2 Å². The van der Waals surface area contributed by atoms with Crippen LogP contribution >= 0.6 is 0 Å². The Balaban J connectivity index is 1.50. The minimum atomic E-state index is -3.99. The normalized spacial score (nSPS) is 14.5. The maximum absolute atomic E-state index is 12.4. The fourth-order valence-corrected chi connectivity index (χ4v) is 4.51. The molecule has 9 nitrogen and oxygen atoms in total. The smallest absolute Gasteiger partial charge is 0.328 e. The molecule has 0 aromatic heterocycles. The molecule has 0 aliphatic heterocycles. The zero-order valence-electron chi connectivity index (χ0n) is 17.5. The highest BCUT2D eigenvalue weighted by molar-refractivity contribution is 7.90. The Morgan fingerprint density at radius 1 is 0.969 bits per heavy atom. The molecule has 172 valence electrons. The standard InChI is InChI=1S/C22H27N3O6S/c26-17-8-11-20(27)19(14-17)21(28)23-13-12-15-6-9-18(10-7-15)32(30,31)25-22(29)24-16-4-2-1-3-5-16/h6-11,14,16,26-27H,1-5,12-13H2,(H,23,28)(H2,24,25,29). The van der Waals surface area contributed by atoms with E-state index in [0.717, 1.165) is 37.7 Å². The summed E-state index contributed by atoms with van der Waals surface area (Å²) in [6.45, 7) is 0.238. The second-order valence-corrected chi connectivity index (χ2v) is 9.45. The first-order chi connectivity index (χ1) is 15.2. The summed E-state index contributed by atoms with van der Waals surface area (Å²) in [5.74, 6) is -0.911. The van der Waals surface area contributed by atoms with Crippen molar-refractivity contribution < 1.29 is 28.2 Å². The van der Waals surface area contributed by atoms with Gasteiger partial charge in [-0.25, -0.2) is 17.9 Å². The lowest BCUT2D eigenvalue weighted by Crippen LogP contribution is -2.45. The average Bonchev–Trinajstić information content (AvgIpc) is 2.76. The van der Waals surface area contributed by atoms with Crippen molar-refractivity contribution in [3.63, 3.8) is 0 Å². The highest BCUT2D eigenvalue weighted by Crippen LogP contribution is 2.22. The third-order valence-corrected chi connectivity index (χ3v) is 6.67. The highest BCUT2D eigenvalue weighted by atomic mass is 32.2. The van der Waals surface area contributed by atoms with Gasteiger partial charge in [0.2, 0.25) is 0 Å². The summed E-state index contributed by atoms with van der Waals surface area (Å²) in [5, 5.41) is 24.5. The van der Waals surface area contributed by atoms with E-state index in [1.165, 1.54) is 30.3 Å². The minimum Gasteiger partial charge on any atom is -0.508 e. The zero-order valence-corrected chi connectivity index (χ0v) is 18.3. The maximum atomic E-state index is 12.4. The number of aromatic hydroxyl groups is 2. The molecule has 32 heavy (non-hydrogen) atoms. The fourth-order valence-electron chi connectivity index (χ4n) is 3.60. The Morgan fingerprint density at radius 2 is 1.66 bits per heavy atom. The van der Waals surface area contributed by atoms with Gasteiger partial charge in [0, 0.05) is 12.6 Å². The first kappa shape index (κ1) is 23.4. The van der Waals surface area contributed by atoms with Crippen molar-refractivity contribution in [3.8, 4) is 11.5 Å². The van der Waals surface area contributed by atoms with Gasteiger partial charge < -0.3 is 20.8 Å². The Bertz CT molecular complexity index is 1060. The monoisotopic (exact) mass is 461 g/mol. The fraction of sp³-hybridized carbons (Fsp3) is 0.364. The van der Waals surface area contributed by atoms with Crippen LogP contribution in [-0.2, 0) is 16.4 Å². The number of hydrogen-bond acceptors (Lipinski definition) is 6. The summed E-state index contributed by atoms with van der Waals surface area (Å²) in [6.07, 6.45) is 5.30. The highest BCUT2D eigenvalue weighted by Gasteiger charge is 2.21. The minimum absolute atomic E-state index is 0.00157. The van der Waals surface area contributed by atoms with Gasteiger partial charge in [-0.15, -0.1) is 0 Å². The molecule has 1 fully saturated rings. The van der Waals surface area contributed by atoms with E-state index >= 15 is 0 Å². The third kappa shape index (κ3) is 6.36. The van der Waals surface area contributed by atoms with Crippen molar-refractivity contribution in [2.24, 2.45) is 0 Å². The van der Waals surface area contributed by atoms with Gasteiger partial charge in [-0.05, 0) is 55.2 Å². The van der Waals surface area contributed by atoms with Gasteiger partial charge >= 0.3 is 6.03 Å². The quantitative estimate of drug-likeness (QED) is 0.400. The molecule has 1 saturated carbocycles. The van der Waals surface area contributed by atoms with Crippen molar-refractivity contribution in [1.82, 2.24) is 15.4 Å². The van der Waals surface area contributed by atoms with Crippen LogP contribution in [0.15, 0.2) is 47.4 Å². The molecular formula is C22H27N3O6S. The second-order valence-electron chi connectivity index (χ2n) is 7.77. The number of sulfonamides is 1. The van der Waals surface area contributed by atoms with Crippen molar-refractivity contribution >= 4 is 22.0 Å². The summed E-state index contributed by atoms with van der Waals surface area (Å²) < 4.78 is 26.9. The van der Waals surface area contributed by atoms with Gasteiger partial charge in [0.15, 0.2) is 0 Å². The van der Waals surface area contributed by atoms with Gasteiger partial charge in [0.1, 0.15) is 11.5 Å². The summed E-state index contributed by atoms with van der Waals surface area (Å²) in [7, 11) is -3.99. The van der Waals surface area contributed by atoms with Crippen LogP contribution in [0.3, 0.4) is 0 Å². The Morgan fingerprint density at radius 3 is 2.34 bits per heavy atom. The van der Waals surface area contributed by atoms with Crippen LogP contribution in [0.25, 0.3) is 0 Å². The predicted molar refractivity (Wildman–Crippen MR) is 118 cm³/mol. The molecule has 0 saturated heterocycles. The molecule has 0 radical (unpaired) electrons. The summed E-state index contributed by atoms with van der Waals surface area (Å²) in [4.78, 5) is 24.2. The number of phenolic OH excluding ortho intramolecular Hbond substituents is 2. The molecule has 0 atom stereocenters. The lowest BCUT2D eigenvalue weighted by molar-refractivity contribution is 0.0951. The van der Waals surface area contributed by atoms with E-state index in [2.05, 4.69) is 10.6 Å². The van der Waals surface area contributed by atoms with Crippen LogP contribution in [0.5, 0.6) is 11.5 Å². The summed E-state index contributed by atoms with van der Waals surface area (Å²) in [6, 6.07) is 8.95. The zero-order chi connectivity index (χ0) is 23.1. The number of nitrogens with one attached hydrogen (secondary N) is 3. The Hall–Kier alpha value is -3.27. The number of amides is 3. The summed E-state index contributed by atoms with van der Waals surface area (Å²) in [5.41, 5.74) is 0.736. The lowest BCUT2D eigenvalue weighted by atomic mass is 9.96. The number of carbonyl (C=O) groups excluding carboxylic acids is 2. The largest absolute Gasteiger partial charge is 0.508 e. The van der Waals surface area contributed by atoms with E-state index in [-0.39, 0.29) is 34.5 Å². The van der Waals surface area contributed by atoms with E-state index in [4.69, 9.17) is 0 Å². The molecule has 0 heterocycles. The van der Waals surface area contributed by atoms with Gasteiger partial charge in [0.25, 0.3) is 15.9 Å². The number of hydrogen-bond donors (Lipinski definition) is 5. The first-order valence-corrected chi connectivity index (χ1v) is 12.0. The molecule has 3 amide bonds. The number of phenols is 2. The van der Waals surface area contributed by atoms with Crippen LogP contribution in [0.2, 0.25) is 0 Å². The molecule has 1 aliphatic carbocycles. The molecule has 0 bridgehead atoms. The number of carbonyl (C=O) groups is 2. The van der Waals surface area contributed by atoms with Gasteiger partial charge in [-0.2, -0.15) is 0 Å². The number of urea groups is 1. The maximum Gasteiger partial charge on any atom is 0.328 e. The van der Waals surface area contributed by atoms with Crippen molar-refractivity contribution in [3.05, 3.63) is 53.6 Å². The molecule has 0 unspecified atom stereocenters. The van der Waals surface area contributed by atoms with Crippen LogP contribution in [0.4, 0.5) is 4.79 Å². The lowest BCUT2D eigenvalue weighted by Gasteiger charge is -2.22. The van der Waals surface area contributed by atoms with Crippen LogP contribution in [0, 0.1) is 0 Å². The van der Waals surface area contributed by atoms with E-state index in [1.54, 1.807) is 12.1 Å². The van der Waals surface area contributed by atoms with E-state index < -0.39 is 22.0 Å². The van der Waals surface area contributed by atoms with E-state index in [9.17, 15) is 28.2 Å². The first-order valence-electron chi connectivity index (χ1n) is 10.5. The topological polar surface area (TPSA) is 145 Å². The second kappa shape index (κ2) is 10.4. The molecule has 3 rings (SSSR count). The average molecular weight is 462 g/mol. The van der Waals surface area contributed by atoms with E-state index in [0.29, 0.717) is 6.42 Å². The van der Waals surface area contributed by atoms with Crippen molar-refractivity contribution in [2.45, 2.75) is 49.5 Å². The van der Waals surface area contributed by atoms with E-state index in [1.807, 2.05) is 4.72 Å². The molecular weight excluding hydrogens is 434 g/mol. The number of rotatable bonds is 7. The SMILES string of the molecule is O=C(NC1CCCCC1)NS(=O)(=O)c1ccc(CCNC(=O)c2cc(O)ccc2O)cc1. The summed E-state index contributed by atoms with van der Waals surface area (Å²) >= 11 is 0. The molecule has 2 aromatic carbocycles. The molecule has 0 spiro atoms. The van der Waals surface area contributed by atoms with Crippen LogP contribution in [0.1, 0.15) is 48.0 Å². The Labute approximate surface area is 186 Å². The molecule has 1 aliphatic rings. The van der Waals surface area contributed by atoms with Crippen molar-refractivity contribution in [1.29, 1.82) is 0 Å². The van der Waals surface area contributed by atoms with Crippen LogP contribution < -0.4 is 15.4 Å². The number of benzene rings is 2. The molecule has 5 N–H and O–H groups in total. The van der Waals surface area contributed by atoms with Gasteiger partial charge in [-0.3, -0.25) is 4.79 Å². The van der Waals surface area contributed by atoms with Gasteiger partial charge in [-0.1, -0.05) is 31.4 Å². The van der Waals surface area contributed by atoms with Gasteiger partial charge in [0.05, 0.1) is 10.5 Å². The third-order valence-electron chi connectivity index (χ3n) is 5.33. The molecule has 2 aromatic rings. The Kier molecular flexibility index (Phi) is 7.57. The molecule has 10 heteroatoms. The predicted octanol–water partition coefficient (Wildman–Crippen LogP) is 2.39. The van der Waals surface area contributed by atoms with Crippen molar-refractivity contribution in [2.75, 3.05) is 6.54 Å².